The fourth-order valence-corrected chi connectivity index (χ4v) is 2.29. The van der Waals surface area contributed by atoms with E-state index in [1.165, 1.54) is 16.7 Å². The largest absolute Gasteiger partial charge is 0.481 e. The van der Waals surface area contributed by atoms with Gasteiger partial charge in [-0.3, -0.25) is 14.4 Å². The quantitative estimate of drug-likeness (QED) is 0.694. The number of aromatic nitrogens is 1. The summed E-state index contributed by atoms with van der Waals surface area (Å²) >= 11 is 1.19. The van der Waals surface area contributed by atoms with E-state index in [2.05, 4.69) is 10.5 Å². The zero-order chi connectivity index (χ0) is 16.5. The summed E-state index contributed by atoms with van der Waals surface area (Å²) in [6.07, 6.45) is 0.443. The summed E-state index contributed by atoms with van der Waals surface area (Å²) in [7, 11) is 1.61. The number of hydrogen-bond acceptors (Lipinski definition) is 6. The van der Waals surface area contributed by atoms with Gasteiger partial charge in [0.1, 0.15) is 5.76 Å². The van der Waals surface area contributed by atoms with Gasteiger partial charge < -0.3 is 19.8 Å². The lowest BCUT2D eigenvalue weighted by Crippen LogP contribution is -2.30. The number of anilines is 1. The molecular formula is C13H19N3O5S. The second kappa shape index (κ2) is 9.08. The molecule has 0 aliphatic carbocycles. The maximum absolute atomic E-state index is 11.8. The van der Waals surface area contributed by atoms with Gasteiger partial charge in [0.2, 0.25) is 11.8 Å². The number of amides is 2. The van der Waals surface area contributed by atoms with E-state index in [1.54, 1.807) is 20.0 Å². The standard InChI is InChI=1S/C13H19N3O5S/c1-9-6-10(15-21-9)14-11(17)7-22-8-12(18)16(2)5-3-4-13(19)20/h6H,3-5,7-8H2,1-2H3,(H,19,20)(H,14,15,17). The molecule has 0 aliphatic heterocycles. The highest BCUT2D eigenvalue weighted by atomic mass is 32.2. The average Bonchev–Trinajstić information content (AvgIpc) is 2.83. The van der Waals surface area contributed by atoms with Gasteiger partial charge in [0.15, 0.2) is 5.82 Å². The molecule has 0 bridgehead atoms. The number of hydrogen-bond donors (Lipinski definition) is 2. The topological polar surface area (TPSA) is 113 Å². The van der Waals surface area contributed by atoms with Crippen molar-refractivity contribution in [3.63, 3.8) is 0 Å². The third-order valence-corrected chi connectivity index (χ3v) is 3.58. The minimum atomic E-state index is -0.880. The van der Waals surface area contributed by atoms with E-state index < -0.39 is 5.97 Å². The van der Waals surface area contributed by atoms with Gasteiger partial charge >= 0.3 is 5.97 Å². The summed E-state index contributed by atoms with van der Waals surface area (Å²) in [6.45, 7) is 2.10. The zero-order valence-corrected chi connectivity index (χ0v) is 13.3. The van der Waals surface area contributed by atoms with Crippen LogP contribution in [0.3, 0.4) is 0 Å². The van der Waals surface area contributed by atoms with Gasteiger partial charge in [0, 0.05) is 26.1 Å². The number of nitrogens with one attached hydrogen (secondary N) is 1. The first kappa shape index (κ1) is 18.0. The molecule has 0 aliphatic rings. The van der Waals surface area contributed by atoms with Crippen LogP contribution in [0, 0.1) is 6.92 Å². The third kappa shape index (κ3) is 7.11. The van der Waals surface area contributed by atoms with Crippen LogP contribution >= 0.6 is 11.8 Å². The summed E-state index contributed by atoms with van der Waals surface area (Å²) in [5.74, 6) is -0.0495. The molecule has 1 aromatic heterocycles. The van der Waals surface area contributed by atoms with Crippen LogP contribution in [0.25, 0.3) is 0 Å². The smallest absolute Gasteiger partial charge is 0.303 e. The summed E-state index contributed by atoms with van der Waals surface area (Å²) in [5.41, 5.74) is 0. The maximum atomic E-state index is 11.8. The average molecular weight is 329 g/mol. The lowest BCUT2D eigenvalue weighted by Gasteiger charge is -2.16. The summed E-state index contributed by atoms with van der Waals surface area (Å²) in [6, 6.07) is 1.60. The zero-order valence-electron chi connectivity index (χ0n) is 12.5. The van der Waals surface area contributed by atoms with E-state index in [0.717, 1.165) is 0 Å². The number of rotatable bonds is 9. The normalized spacial score (nSPS) is 10.3. The summed E-state index contributed by atoms with van der Waals surface area (Å²) < 4.78 is 4.82. The van der Waals surface area contributed by atoms with Crippen molar-refractivity contribution in [1.29, 1.82) is 0 Å². The van der Waals surface area contributed by atoms with Crippen LogP contribution in [0.1, 0.15) is 18.6 Å². The molecule has 0 unspecified atom stereocenters. The molecule has 122 valence electrons. The van der Waals surface area contributed by atoms with Crippen LogP contribution in [-0.4, -0.2) is 58.0 Å². The number of thioether (sulfide) groups is 1. The van der Waals surface area contributed by atoms with Gasteiger partial charge in [-0.25, -0.2) is 0 Å². The van der Waals surface area contributed by atoms with Crippen LogP contribution in [0.4, 0.5) is 5.82 Å². The molecule has 2 amide bonds. The Kier molecular flexibility index (Phi) is 7.44. The molecule has 0 fully saturated rings. The number of carboxylic acids is 1. The number of nitrogens with zero attached hydrogens (tertiary/aromatic N) is 2. The molecule has 1 aromatic rings. The first-order valence-corrected chi connectivity index (χ1v) is 7.80. The van der Waals surface area contributed by atoms with E-state index in [0.29, 0.717) is 24.5 Å². The molecule has 0 atom stereocenters. The molecule has 0 saturated carbocycles. The number of carbonyl (C=O) groups excluding carboxylic acids is 2. The highest BCUT2D eigenvalue weighted by molar-refractivity contribution is 8.00. The van der Waals surface area contributed by atoms with Crippen LogP contribution in [0.5, 0.6) is 0 Å². The van der Waals surface area contributed by atoms with Crippen LogP contribution in [0.2, 0.25) is 0 Å². The van der Waals surface area contributed by atoms with Crippen molar-refractivity contribution in [1.82, 2.24) is 10.1 Å². The molecule has 9 heteroatoms. The maximum Gasteiger partial charge on any atom is 0.303 e. The summed E-state index contributed by atoms with van der Waals surface area (Å²) in [4.78, 5) is 35.2. The van der Waals surface area contributed by atoms with Crippen LogP contribution < -0.4 is 5.32 Å². The van der Waals surface area contributed by atoms with Crippen molar-refractivity contribution in [2.24, 2.45) is 0 Å². The lowest BCUT2D eigenvalue weighted by atomic mass is 10.3. The Morgan fingerprint density at radius 1 is 1.41 bits per heavy atom. The fraction of sp³-hybridized carbons (Fsp3) is 0.538. The van der Waals surface area contributed by atoms with Crippen molar-refractivity contribution in [2.45, 2.75) is 19.8 Å². The SMILES string of the molecule is Cc1cc(NC(=O)CSCC(=O)N(C)CCCC(=O)O)no1. The second-order valence-corrected chi connectivity index (χ2v) is 5.66. The Bertz CT molecular complexity index is 532. The van der Waals surface area contributed by atoms with E-state index >= 15 is 0 Å². The van der Waals surface area contributed by atoms with Crippen molar-refractivity contribution >= 4 is 35.4 Å². The number of aliphatic carboxylic acids is 1. The minimum absolute atomic E-state index is 0.0320. The molecular weight excluding hydrogens is 310 g/mol. The van der Waals surface area contributed by atoms with Crippen molar-refractivity contribution in [3.05, 3.63) is 11.8 Å². The Morgan fingerprint density at radius 2 is 2.14 bits per heavy atom. The van der Waals surface area contributed by atoms with E-state index in [9.17, 15) is 14.4 Å². The second-order valence-electron chi connectivity index (χ2n) is 4.68. The van der Waals surface area contributed by atoms with Gasteiger partial charge in [0.25, 0.3) is 0 Å². The van der Waals surface area contributed by atoms with E-state index in [-0.39, 0.29) is 29.7 Å². The Hall–Kier alpha value is -2.03. The monoisotopic (exact) mass is 329 g/mol. The van der Waals surface area contributed by atoms with Crippen LogP contribution in [-0.2, 0) is 14.4 Å². The Labute approximate surface area is 132 Å². The van der Waals surface area contributed by atoms with Gasteiger partial charge in [-0.2, -0.15) is 0 Å². The predicted octanol–water partition coefficient (Wildman–Crippen LogP) is 0.978. The number of carbonyl (C=O) groups is 3. The Morgan fingerprint density at radius 3 is 2.73 bits per heavy atom. The minimum Gasteiger partial charge on any atom is -0.481 e. The molecule has 22 heavy (non-hydrogen) atoms. The van der Waals surface area contributed by atoms with Crippen LogP contribution in [0.15, 0.2) is 10.6 Å². The molecule has 1 heterocycles. The number of carboxylic acid groups (broad SMARTS) is 1. The van der Waals surface area contributed by atoms with Gasteiger partial charge in [-0.15, -0.1) is 11.8 Å². The molecule has 0 saturated heterocycles. The molecule has 0 radical (unpaired) electrons. The van der Waals surface area contributed by atoms with E-state index in [1.807, 2.05) is 0 Å². The third-order valence-electron chi connectivity index (χ3n) is 2.66. The lowest BCUT2D eigenvalue weighted by molar-refractivity contribution is -0.137. The first-order chi connectivity index (χ1) is 10.4. The van der Waals surface area contributed by atoms with Crippen molar-refractivity contribution in [3.8, 4) is 0 Å². The fourth-order valence-electron chi connectivity index (χ4n) is 1.54. The predicted molar refractivity (Wildman–Crippen MR) is 81.7 cm³/mol. The van der Waals surface area contributed by atoms with E-state index in [4.69, 9.17) is 9.63 Å². The van der Waals surface area contributed by atoms with Crippen molar-refractivity contribution < 1.29 is 24.0 Å². The summed E-state index contributed by atoms with van der Waals surface area (Å²) in [5, 5.41) is 14.7. The van der Waals surface area contributed by atoms with Gasteiger partial charge in [0.05, 0.1) is 11.5 Å². The molecule has 1 rings (SSSR count). The molecule has 2 N–H and O–H groups in total. The first-order valence-electron chi connectivity index (χ1n) is 6.65. The van der Waals surface area contributed by atoms with Gasteiger partial charge in [-0.1, -0.05) is 5.16 Å². The molecule has 0 spiro atoms. The Balaban J connectivity index is 2.18. The number of aryl methyl sites for hydroxylation is 1. The molecule has 0 aromatic carbocycles. The highest BCUT2D eigenvalue weighted by Gasteiger charge is 2.11. The van der Waals surface area contributed by atoms with Crippen molar-refractivity contribution in [2.75, 3.05) is 30.4 Å². The van der Waals surface area contributed by atoms with Gasteiger partial charge in [-0.05, 0) is 13.3 Å². The molecule has 8 nitrogen and oxygen atoms in total. The highest BCUT2D eigenvalue weighted by Crippen LogP contribution is 2.09.